The van der Waals surface area contributed by atoms with Crippen LogP contribution in [0.1, 0.15) is 24.5 Å². The number of aromatic nitrogens is 3. The van der Waals surface area contributed by atoms with Crippen LogP contribution in [0.5, 0.6) is 5.88 Å². The Kier molecular flexibility index (Phi) is 3.90. The summed E-state index contributed by atoms with van der Waals surface area (Å²) in [6, 6.07) is 3.54. The average Bonchev–Trinajstić information content (AvgIpc) is 2.74. The summed E-state index contributed by atoms with van der Waals surface area (Å²) in [6.07, 6.45) is 0.209. The molecule has 7 heteroatoms. The molecule has 102 valence electrons. The van der Waals surface area contributed by atoms with Crippen molar-refractivity contribution in [3.8, 4) is 5.88 Å². The van der Waals surface area contributed by atoms with Gasteiger partial charge in [-0.1, -0.05) is 0 Å². The van der Waals surface area contributed by atoms with E-state index in [1.54, 1.807) is 17.7 Å². The molecule has 0 bridgehead atoms. The lowest BCUT2D eigenvalue weighted by atomic mass is 10.3. The van der Waals surface area contributed by atoms with E-state index in [9.17, 15) is 4.79 Å². The standard InChI is InChI=1S/C12H15ClN4O2/c1-7(13)11-15-8-3-4-10(19-2)16-12(8)17(11)6-5-9(14)18/h3-4,7H,5-6H2,1-2H3,(H2,14,18). The zero-order valence-electron chi connectivity index (χ0n) is 10.8. The van der Waals surface area contributed by atoms with Crippen LogP contribution in [0.3, 0.4) is 0 Å². The summed E-state index contributed by atoms with van der Waals surface area (Å²) >= 11 is 6.11. The molecule has 2 aromatic rings. The van der Waals surface area contributed by atoms with Crippen molar-refractivity contribution in [2.75, 3.05) is 7.11 Å². The van der Waals surface area contributed by atoms with Gasteiger partial charge in [-0.25, -0.2) is 4.98 Å². The van der Waals surface area contributed by atoms with Crippen molar-refractivity contribution < 1.29 is 9.53 Å². The van der Waals surface area contributed by atoms with E-state index in [2.05, 4.69) is 9.97 Å². The summed E-state index contributed by atoms with van der Waals surface area (Å²) in [5.41, 5.74) is 6.54. The number of nitrogens with zero attached hydrogens (tertiary/aromatic N) is 3. The average molecular weight is 283 g/mol. The lowest BCUT2D eigenvalue weighted by Gasteiger charge is -2.08. The number of methoxy groups -OCH3 is 1. The number of nitrogens with two attached hydrogens (primary N) is 1. The van der Waals surface area contributed by atoms with E-state index in [-0.39, 0.29) is 17.7 Å². The minimum Gasteiger partial charge on any atom is -0.481 e. The minimum atomic E-state index is -0.377. The van der Waals surface area contributed by atoms with E-state index in [0.29, 0.717) is 29.4 Å². The van der Waals surface area contributed by atoms with Crippen LogP contribution in [-0.4, -0.2) is 27.6 Å². The van der Waals surface area contributed by atoms with Gasteiger partial charge in [0.2, 0.25) is 11.8 Å². The quantitative estimate of drug-likeness (QED) is 0.845. The third-order valence-corrected chi connectivity index (χ3v) is 2.94. The van der Waals surface area contributed by atoms with Crippen LogP contribution < -0.4 is 10.5 Å². The molecule has 0 aliphatic carbocycles. The maximum Gasteiger partial charge on any atom is 0.219 e. The number of carbonyl (C=O) groups is 1. The molecule has 1 unspecified atom stereocenters. The molecule has 19 heavy (non-hydrogen) atoms. The van der Waals surface area contributed by atoms with Crippen molar-refractivity contribution in [1.29, 1.82) is 0 Å². The molecule has 2 N–H and O–H groups in total. The van der Waals surface area contributed by atoms with E-state index in [4.69, 9.17) is 22.1 Å². The molecular weight excluding hydrogens is 268 g/mol. The second kappa shape index (κ2) is 5.44. The van der Waals surface area contributed by atoms with Gasteiger partial charge in [0.05, 0.1) is 12.5 Å². The Morgan fingerprint density at radius 2 is 2.26 bits per heavy atom. The lowest BCUT2D eigenvalue weighted by Crippen LogP contribution is -2.15. The van der Waals surface area contributed by atoms with Crippen molar-refractivity contribution in [2.45, 2.75) is 25.3 Å². The van der Waals surface area contributed by atoms with Gasteiger partial charge < -0.3 is 15.0 Å². The van der Waals surface area contributed by atoms with Gasteiger partial charge in [-0.05, 0) is 13.0 Å². The Bertz CT molecular complexity index is 609. The van der Waals surface area contributed by atoms with Crippen LogP contribution in [0.25, 0.3) is 11.2 Å². The summed E-state index contributed by atoms with van der Waals surface area (Å²) in [5.74, 6) is 0.776. The van der Waals surface area contributed by atoms with Gasteiger partial charge in [0.1, 0.15) is 11.3 Å². The Hall–Kier alpha value is -1.82. The number of primary amides is 1. The van der Waals surface area contributed by atoms with Crippen molar-refractivity contribution in [3.05, 3.63) is 18.0 Å². The van der Waals surface area contributed by atoms with Crippen molar-refractivity contribution in [2.24, 2.45) is 5.73 Å². The number of halogens is 1. The summed E-state index contributed by atoms with van der Waals surface area (Å²) in [7, 11) is 1.55. The van der Waals surface area contributed by atoms with Gasteiger partial charge >= 0.3 is 0 Å². The highest BCUT2D eigenvalue weighted by molar-refractivity contribution is 6.20. The Morgan fingerprint density at radius 3 is 2.84 bits per heavy atom. The fourth-order valence-electron chi connectivity index (χ4n) is 1.86. The molecule has 0 aliphatic heterocycles. The number of aryl methyl sites for hydroxylation is 1. The predicted octanol–water partition coefficient (Wildman–Crippen LogP) is 1.62. The summed E-state index contributed by atoms with van der Waals surface area (Å²) in [6.45, 7) is 2.22. The summed E-state index contributed by atoms with van der Waals surface area (Å²) in [5, 5.41) is -0.284. The number of hydrogen-bond donors (Lipinski definition) is 1. The van der Waals surface area contributed by atoms with Crippen LogP contribution in [-0.2, 0) is 11.3 Å². The molecule has 1 amide bonds. The van der Waals surface area contributed by atoms with Crippen LogP contribution in [0.2, 0.25) is 0 Å². The highest BCUT2D eigenvalue weighted by atomic mass is 35.5. The maximum absolute atomic E-state index is 10.9. The first-order chi connectivity index (χ1) is 9.02. The van der Waals surface area contributed by atoms with E-state index in [1.807, 2.05) is 13.0 Å². The zero-order chi connectivity index (χ0) is 14.0. The predicted molar refractivity (Wildman–Crippen MR) is 72.2 cm³/mol. The number of ether oxygens (including phenoxy) is 1. The van der Waals surface area contributed by atoms with E-state index >= 15 is 0 Å². The number of carbonyl (C=O) groups excluding carboxylic acids is 1. The summed E-state index contributed by atoms with van der Waals surface area (Å²) < 4.78 is 6.90. The molecule has 0 saturated heterocycles. The number of hydrogen-bond acceptors (Lipinski definition) is 4. The van der Waals surface area contributed by atoms with Gasteiger partial charge in [0.25, 0.3) is 0 Å². The molecule has 0 spiro atoms. The third kappa shape index (κ3) is 2.78. The zero-order valence-corrected chi connectivity index (χ0v) is 11.5. The first-order valence-electron chi connectivity index (χ1n) is 5.86. The number of pyridine rings is 1. The molecule has 2 heterocycles. The topological polar surface area (TPSA) is 83.0 Å². The smallest absolute Gasteiger partial charge is 0.219 e. The summed E-state index contributed by atoms with van der Waals surface area (Å²) in [4.78, 5) is 19.7. The van der Waals surface area contributed by atoms with Gasteiger partial charge in [-0.3, -0.25) is 4.79 Å². The van der Waals surface area contributed by atoms with Crippen LogP contribution in [0, 0.1) is 0 Å². The number of fused-ring (bicyclic) bond motifs is 1. The monoisotopic (exact) mass is 282 g/mol. The van der Waals surface area contributed by atoms with Crippen LogP contribution in [0.15, 0.2) is 12.1 Å². The fourth-order valence-corrected chi connectivity index (χ4v) is 2.03. The molecule has 1 atom stereocenters. The molecule has 2 aromatic heterocycles. The Balaban J connectivity index is 2.53. The van der Waals surface area contributed by atoms with Crippen LogP contribution >= 0.6 is 11.6 Å². The molecule has 0 saturated carbocycles. The first kappa shape index (κ1) is 13.6. The molecular formula is C12H15ClN4O2. The maximum atomic E-state index is 10.9. The van der Waals surface area contributed by atoms with Crippen molar-refractivity contribution in [1.82, 2.24) is 14.5 Å². The molecule has 0 radical (unpaired) electrons. The lowest BCUT2D eigenvalue weighted by molar-refractivity contribution is -0.118. The van der Waals surface area contributed by atoms with Crippen molar-refractivity contribution >= 4 is 28.7 Å². The SMILES string of the molecule is COc1ccc2nc(C(C)Cl)n(CCC(N)=O)c2n1. The second-order valence-corrected chi connectivity index (χ2v) is 4.80. The van der Waals surface area contributed by atoms with Gasteiger partial charge in [-0.2, -0.15) is 4.98 Å². The number of alkyl halides is 1. The highest BCUT2D eigenvalue weighted by Gasteiger charge is 2.16. The second-order valence-electron chi connectivity index (χ2n) is 4.15. The van der Waals surface area contributed by atoms with Crippen molar-refractivity contribution in [3.63, 3.8) is 0 Å². The Morgan fingerprint density at radius 1 is 1.53 bits per heavy atom. The van der Waals surface area contributed by atoms with E-state index in [1.165, 1.54) is 0 Å². The van der Waals surface area contributed by atoms with E-state index in [0.717, 1.165) is 0 Å². The van der Waals surface area contributed by atoms with Gasteiger partial charge in [0, 0.05) is 19.0 Å². The molecule has 2 rings (SSSR count). The molecule has 0 fully saturated rings. The van der Waals surface area contributed by atoms with Gasteiger partial charge in [0.15, 0.2) is 5.65 Å². The highest BCUT2D eigenvalue weighted by Crippen LogP contribution is 2.25. The Labute approximate surface area is 115 Å². The number of imidazole rings is 1. The van der Waals surface area contributed by atoms with Crippen LogP contribution in [0.4, 0.5) is 0 Å². The van der Waals surface area contributed by atoms with Gasteiger partial charge in [-0.15, -0.1) is 11.6 Å². The largest absolute Gasteiger partial charge is 0.481 e. The number of amides is 1. The van der Waals surface area contributed by atoms with E-state index < -0.39 is 0 Å². The first-order valence-corrected chi connectivity index (χ1v) is 6.30. The molecule has 6 nitrogen and oxygen atoms in total. The fraction of sp³-hybridized carbons (Fsp3) is 0.417. The third-order valence-electron chi connectivity index (χ3n) is 2.74. The normalized spacial score (nSPS) is 12.6. The molecule has 0 aromatic carbocycles. The molecule has 0 aliphatic rings. The minimum absolute atomic E-state index is 0.209. The number of rotatable bonds is 5.